The van der Waals surface area contributed by atoms with E-state index in [1.165, 1.54) is 6.42 Å². The van der Waals surface area contributed by atoms with Crippen molar-refractivity contribution in [3.8, 4) is 5.75 Å². The number of amides is 1. The summed E-state index contributed by atoms with van der Waals surface area (Å²) in [6, 6.07) is 5.91. The molecule has 0 aliphatic carbocycles. The third-order valence-corrected chi connectivity index (χ3v) is 5.35. The van der Waals surface area contributed by atoms with E-state index >= 15 is 0 Å². The van der Waals surface area contributed by atoms with E-state index < -0.39 is 0 Å². The summed E-state index contributed by atoms with van der Waals surface area (Å²) in [7, 11) is 1.66. The van der Waals surface area contributed by atoms with E-state index in [1.807, 2.05) is 30.0 Å². The van der Waals surface area contributed by atoms with E-state index in [1.54, 1.807) is 7.11 Å². The molecule has 0 saturated carbocycles. The molecule has 134 valence electrons. The smallest absolute Gasteiger partial charge is 0.239 e. The van der Waals surface area contributed by atoms with Crippen molar-refractivity contribution in [2.75, 3.05) is 20.2 Å². The van der Waals surface area contributed by atoms with Gasteiger partial charge in [-0.2, -0.15) is 0 Å². The molecule has 4 atom stereocenters. The number of benzene rings is 1. The number of carbonyl (C=O) groups excluding carboxylic acids is 1. The maximum absolute atomic E-state index is 12.8. The van der Waals surface area contributed by atoms with Crippen molar-refractivity contribution in [2.24, 2.45) is 11.8 Å². The first-order valence-electron chi connectivity index (χ1n) is 8.70. The third-order valence-electron chi connectivity index (χ3n) is 4.73. The number of hydrogen-bond donors (Lipinski definition) is 1. The van der Waals surface area contributed by atoms with Crippen LogP contribution < -0.4 is 10.1 Å². The fourth-order valence-electron chi connectivity index (χ4n) is 3.61. The molecule has 0 spiro atoms. The first kappa shape index (κ1) is 19.3. The number of ether oxygens (including phenoxy) is 1. The Hall–Kier alpha value is -1.07. The highest BCUT2D eigenvalue weighted by Crippen LogP contribution is 2.28. The zero-order chi connectivity index (χ0) is 17.9. The van der Waals surface area contributed by atoms with Crippen molar-refractivity contribution in [3.05, 3.63) is 28.2 Å². The number of carbonyl (C=O) groups is 1. The Kier molecular flexibility index (Phi) is 6.70. The van der Waals surface area contributed by atoms with Gasteiger partial charge in [0.1, 0.15) is 5.75 Å². The highest BCUT2D eigenvalue weighted by molar-refractivity contribution is 9.10. The number of nitrogens with zero attached hydrogens (tertiary/aromatic N) is 1. The van der Waals surface area contributed by atoms with Gasteiger partial charge in [-0.1, -0.05) is 19.9 Å². The lowest BCUT2D eigenvalue weighted by Crippen LogP contribution is -2.50. The molecule has 4 unspecified atom stereocenters. The molecule has 0 bridgehead atoms. The van der Waals surface area contributed by atoms with E-state index in [-0.39, 0.29) is 18.0 Å². The highest BCUT2D eigenvalue weighted by atomic mass is 79.9. The number of halogens is 1. The van der Waals surface area contributed by atoms with Crippen molar-refractivity contribution >= 4 is 21.8 Å². The largest absolute Gasteiger partial charge is 0.496 e. The van der Waals surface area contributed by atoms with Gasteiger partial charge in [-0.3, -0.25) is 10.1 Å². The van der Waals surface area contributed by atoms with Crippen LogP contribution in [-0.2, 0) is 4.79 Å². The summed E-state index contributed by atoms with van der Waals surface area (Å²) in [6.07, 6.45) is 1.21. The molecule has 1 N–H and O–H groups in total. The van der Waals surface area contributed by atoms with Crippen LogP contribution in [-0.4, -0.2) is 37.0 Å². The van der Waals surface area contributed by atoms with E-state index in [9.17, 15) is 4.79 Å². The zero-order valence-electron chi connectivity index (χ0n) is 15.3. The van der Waals surface area contributed by atoms with Crippen molar-refractivity contribution < 1.29 is 9.53 Å². The second-order valence-electron chi connectivity index (χ2n) is 7.19. The van der Waals surface area contributed by atoms with Crippen LogP contribution in [0.5, 0.6) is 5.75 Å². The van der Waals surface area contributed by atoms with Crippen molar-refractivity contribution in [1.82, 2.24) is 10.2 Å². The van der Waals surface area contributed by atoms with Gasteiger partial charge in [-0.25, -0.2) is 0 Å². The predicted molar refractivity (Wildman–Crippen MR) is 101 cm³/mol. The average Bonchev–Trinajstić information content (AvgIpc) is 2.52. The van der Waals surface area contributed by atoms with Crippen LogP contribution in [0.2, 0.25) is 0 Å². The lowest BCUT2D eigenvalue weighted by Gasteiger charge is -2.37. The van der Waals surface area contributed by atoms with Gasteiger partial charge in [0.2, 0.25) is 5.91 Å². The minimum absolute atomic E-state index is 0.0887. The van der Waals surface area contributed by atoms with Crippen molar-refractivity contribution in [1.29, 1.82) is 0 Å². The molecule has 1 aromatic rings. The first-order valence-corrected chi connectivity index (χ1v) is 9.49. The fraction of sp³-hybridized carbons (Fsp3) is 0.632. The summed E-state index contributed by atoms with van der Waals surface area (Å²) in [5.74, 6) is 2.18. The van der Waals surface area contributed by atoms with Crippen LogP contribution in [0.15, 0.2) is 22.7 Å². The van der Waals surface area contributed by atoms with Gasteiger partial charge in [-0.05, 0) is 65.7 Å². The van der Waals surface area contributed by atoms with Crippen molar-refractivity contribution in [2.45, 2.75) is 46.2 Å². The molecule has 4 nitrogen and oxygen atoms in total. The molecule has 1 aromatic carbocycles. The van der Waals surface area contributed by atoms with Gasteiger partial charge in [0.25, 0.3) is 0 Å². The van der Waals surface area contributed by atoms with Gasteiger partial charge < -0.3 is 9.64 Å². The molecule has 1 aliphatic rings. The Balaban J connectivity index is 1.99. The zero-order valence-corrected chi connectivity index (χ0v) is 16.9. The van der Waals surface area contributed by atoms with Gasteiger partial charge >= 0.3 is 0 Å². The number of methoxy groups -OCH3 is 1. The second kappa shape index (κ2) is 8.34. The second-order valence-corrected chi connectivity index (χ2v) is 8.05. The Morgan fingerprint density at radius 3 is 2.46 bits per heavy atom. The normalized spacial score (nSPS) is 23.7. The molecular formula is C19H29BrN2O2. The molecule has 0 radical (unpaired) electrons. The standard InChI is InChI=1S/C19H29BrN2O2/c1-12-8-13(2)11-22(10-12)19(23)15(4)21-14(3)16-6-7-18(24-5)17(20)9-16/h6-7,9,12-15,21H,8,10-11H2,1-5H3. The Morgan fingerprint density at radius 2 is 1.92 bits per heavy atom. The fourth-order valence-corrected chi connectivity index (χ4v) is 4.17. The molecule has 24 heavy (non-hydrogen) atoms. The number of piperidine rings is 1. The Morgan fingerprint density at radius 1 is 1.29 bits per heavy atom. The minimum Gasteiger partial charge on any atom is -0.496 e. The topological polar surface area (TPSA) is 41.6 Å². The van der Waals surface area contributed by atoms with E-state index in [0.717, 1.165) is 28.9 Å². The molecule has 1 heterocycles. The van der Waals surface area contributed by atoms with Crippen LogP contribution >= 0.6 is 15.9 Å². The van der Waals surface area contributed by atoms with E-state index in [2.05, 4.69) is 42.0 Å². The van der Waals surface area contributed by atoms with Gasteiger partial charge in [0.15, 0.2) is 0 Å². The summed E-state index contributed by atoms with van der Waals surface area (Å²) in [5, 5.41) is 3.43. The van der Waals surface area contributed by atoms with E-state index in [0.29, 0.717) is 11.8 Å². The Bertz CT molecular complexity index is 568. The highest BCUT2D eigenvalue weighted by Gasteiger charge is 2.28. The molecule has 0 aromatic heterocycles. The molecule has 1 saturated heterocycles. The number of likely N-dealkylation sites (tertiary alicyclic amines) is 1. The van der Waals surface area contributed by atoms with Gasteiger partial charge in [0, 0.05) is 19.1 Å². The summed E-state index contributed by atoms with van der Waals surface area (Å²) < 4.78 is 6.20. The lowest BCUT2D eigenvalue weighted by molar-refractivity contribution is -0.135. The monoisotopic (exact) mass is 396 g/mol. The molecule has 1 fully saturated rings. The van der Waals surface area contributed by atoms with Crippen LogP contribution in [0.25, 0.3) is 0 Å². The lowest BCUT2D eigenvalue weighted by atomic mass is 9.91. The minimum atomic E-state index is -0.196. The third kappa shape index (κ3) is 4.73. The summed E-state index contributed by atoms with van der Waals surface area (Å²) in [4.78, 5) is 14.8. The van der Waals surface area contributed by atoms with Gasteiger partial charge in [0.05, 0.1) is 17.6 Å². The summed E-state index contributed by atoms with van der Waals surface area (Å²) in [6.45, 7) is 10.2. The summed E-state index contributed by atoms with van der Waals surface area (Å²) >= 11 is 3.52. The van der Waals surface area contributed by atoms with Gasteiger partial charge in [-0.15, -0.1) is 0 Å². The quantitative estimate of drug-likeness (QED) is 0.817. The van der Waals surface area contributed by atoms with Crippen molar-refractivity contribution in [3.63, 3.8) is 0 Å². The predicted octanol–water partition coefficient (Wildman–Crippen LogP) is 4.00. The number of rotatable bonds is 5. The molecule has 1 amide bonds. The molecule has 1 aliphatic heterocycles. The molecular weight excluding hydrogens is 368 g/mol. The van der Waals surface area contributed by atoms with Crippen LogP contribution in [0.1, 0.15) is 45.7 Å². The van der Waals surface area contributed by atoms with Crippen LogP contribution in [0.3, 0.4) is 0 Å². The maximum Gasteiger partial charge on any atom is 0.239 e. The Labute approximate surface area is 154 Å². The summed E-state index contributed by atoms with van der Waals surface area (Å²) in [5.41, 5.74) is 1.13. The SMILES string of the molecule is COc1ccc(C(C)NC(C)C(=O)N2CC(C)CC(C)C2)cc1Br. The number of hydrogen-bond acceptors (Lipinski definition) is 3. The van der Waals surface area contributed by atoms with Crippen LogP contribution in [0, 0.1) is 11.8 Å². The van der Waals surface area contributed by atoms with E-state index in [4.69, 9.17) is 4.74 Å². The van der Waals surface area contributed by atoms with Crippen LogP contribution in [0.4, 0.5) is 0 Å². The molecule has 5 heteroatoms. The number of nitrogens with one attached hydrogen (secondary N) is 1. The maximum atomic E-state index is 12.8. The first-order chi connectivity index (χ1) is 11.3. The average molecular weight is 397 g/mol. The molecule has 2 rings (SSSR count).